The van der Waals surface area contributed by atoms with Gasteiger partial charge in [0.2, 0.25) is 0 Å². The number of nitrogens with one attached hydrogen (secondary N) is 1. The number of benzene rings is 2. The Kier molecular flexibility index (Phi) is 4.94. The second-order valence-electron chi connectivity index (χ2n) is 4.74. The summed E-state index contributed by atoms with van der Waals surface area (Å²) >= 11 is 5.96. The first-order valence-corrected chi connectivity index (χ1v) is 6.73. The zero-order chi connectivity index (χ0) is 13.7. The first-order valence-electron chi connectivity index (χ1n) is 6.36. The van der Waals surface area contributed by atoms with Gasteiger partial charge in [0.25, 0.3) is 0 Å². The average molecular weight is 278 g/mol. The van der Waals surface area contributed by atoms with Crippen molar-refractivity contribution in [1.29, 1.82) is 0 Å². The summed E-state index contributed by atoms with van der Waals surface area (Å²) in [5.74, 6) is -0.198. The minimum Gasteiger partial charge on any atom is -0.310 e. The van der Waals surface area contributed by atoms with E-state index in [9.17, 15) is 4.39 Å². The Balaban J connectivity index is 1.84. The van der Waals surface area contributed by atoms with E-state index in [1.54, 1.807) is 12.1 Å². The highest BCUT2D eigenvalue weighted by molar-refractivity contribution is 6.30. The van der Waals surface area contributed by atoms with Gasteiger partial charge in [-0.25, -0.2) is 4.39 Å². The molecule has 1 atom stereocenters. The van der Waals surface area contributed by atoms with E-state index in [-0.39, 0.29) is 5.82 Å². The Bertz CT molecular complexity index is 525. The lowest BCUT2D eigenvalue weighted by molar-refractivity contribution is 0.544. The quantitative estimate of drug-likeness (QED) is 0.864. The molecule has 0 radical (unpaired) electrons. The lowest BCUT2D eigenvalue weighted by Crippen LogP contribution is -2.27. The molecule has 2 rings (SSSR count). The molecule has 3 heteroatoms. The zero-order valence-electron chi connectivity index (χ0n) is 10.9. The van der Waals surface area contributed by atoms with Crippen LogP contribution in [0.2, 0.25) is 5.02 Å². The molecular weight excluding hydrogens is 261 g/mol. The minimum absolute atomic E-state index is 0.198. The first-order chi connectivity index (χ1) is 9.13. The monoisotopic (exact) mass is 277 g/mol. The molecule has 0 aliphatic rings. The Morgan fingerprint density at radius 2 is 1.84 bits per heavy atom. The Morgan fingerprint density at radius 3 is 2.53 bits per heavy atom. The molecule has 0 spiro atoms. The summed E-state index contributed by atoms with van der Waals surface area (Å²) in [5, 5.41) is 4.19. The van der Waals surface area contributed by atoms with Crippen molar-refractivity contribution in [1.82, 2.24) is 5.32 Å². The van der Waals surface area contributed by atoms with E-state index in [1.165, 1.54) is 17.7 Å². The van der Waals surface area contributed by atoms with Crippen molar-refractivity contribution in [2.75, 3.05) is 0 Å². The molecule has 0 aliphatic carbocycles. The van der Waals surface area contributed by atoms with Crippen LogP contribution in [-0.2, 0) is 13.0 Å². The summed E-state index contributed by atoms with van der Waals surface area (Å²) in [6, 6.07) is 14.8. The molecule has 0 heterocycles. The predicted molar refractivity (Wildman–Crippen MR) is 77.9 cm³/mol. The van der Waals surface area contributed by atoms with Crippen molar-refractivity contribution >= 4 is 11.6 Å². The number of hydrogen-bond acceptors (Lipinski definition) is 1. The van der Waals surface area contributed by atoms with Gasteiger partial charge in [-0.2, -0.15) is 0 Å². The zero-order valence-corrected chi connectivity index (χ0v) is 11.6. The molecule has 0 saturated heterocycles. The smallest absolute Gasteiger partial charge is 0.123 e. The minimum atomic E-state index is -0.198. The van der Waals surface area contributed by atoms with E-state index in [1.807, 2.05) is 18.2 Å². The van der Waals surface area contributed by atoms with Gasteiger partial charge in [-0.05, 0) is 48.7 Å². The van der Waals surface area contributed by atoms with Gasteiger partial charge in [-0.15, -0.1) is 0 Å². The molecule has 0 aliphatic heterocycles. The van der Waals surface area contributed by atoms with Gasteiger partial charge in [-0.3, -0.25) is 0 Å². The Hall–Kier alpha value is -1.38. The van der Waals surface area contributed by atoms with Gasteiger partial charge in [0, 0.05) is 17.6 Å². The molecule has 2 aromatic rings. The van der Waals surface area contributed by atoms with Gasteiger partial charge in [-0.1, -0.05) is 35.9 Å². The topological polar surface area (TPSA) is 12.0 Å². The van der Waals surface area contributed by atoms with Crippen LogP contribution in [0.3, 0.4) is 0 Å². The molecule has 0 fully saturated rings. The fourth-order valence-corrected chi connectivity index (χ4v) is 2.20. The molecular formula is C16H17ClFN. The maximum atomic E-state index is 12.8. The molecule has 100 valence electrons. The van der Waals surface area contributed by atoms with Crippen molar-refractivity contribution in [3.05, 3.63) is 70.5 Å². The standard InChI is InChI=1S/C16H17ClFN/c1-12(9-14-3-2-4-15(17)10-14)19-11-13-5-7-16(18)8-6-13/h2-8,10,12,19H,9,11H2,1H3. The summed E-state index contributed by atoms with van der Waals surface area (Å²) in [6.07, 6.45) is 0.918. The van der Waals surface area contributed by atoms with Crippen molar-refractivity contribution in [3.8, 4) is 0 Å². The number of halogens is 2. The van der Waals surface area contributed by atoms with Gasteiger partial charge in [0.15, 0.2) is 0 Å². The van der Waals surface area contributed by atoms with Crippen LogP contribution in [0.4, 0.5) is 4.39 Å². The molecule has 1 N–H and O–H groups in total. The van der Waals surface area contributed by atoms with Crippen molar-refractivity contribution in [2.24, 2.45) is 0 Å². The summed E-state index contributed by atoms with van der Waals surface area (Å²) in [6.45, 7) is 2.87. The summed E-state index contributed by atoms with van der Waals surface area (Å²) in [7, 11) is 0. The maximum Gasteiger partial charge on any atom is 0.123 e. The van der Waals surface area contributed by atoms with Crippen molar-refractivity contribution in [2.45, 2.75) is 25.9 Å². The van der Waals surface area contributed by atoms with Crippen LogP contribution < -0.4 is 5.32 Å². The molecule has 2 aromatic carbocycles. The van der Waals surface area contributed by atoms with Crippen LogP contribution in [-0.4, -0.2) is 6.04 Å². The third-order valence-corrected chi connectivity index (χ3v) is 3.23. The molecule has 1 nitrogen and oxygen atoms in total. The SMILES string of the molecule is CC(Cc1cccc(Cl)c1)NCc1ccc(F)cc1. The Morgan fingerprint density at radius 1 is 1.11 bits per heavy atom. The van der Waals surface area contributed by atoms with Crippen LogP contribution in [0.15, 0.2) is 48.5 Å². The molecule has 0 aromatic heterocycles. The second kappa shape index (κ2) is 6.69. The number of hydrogen-bond donors (Lipinski definition) is 1. The van der Waals surface area contributed by atoms with Gasteiger partial charge < -0.3 is 5.32 Å². The highest BCUT2D eigenvalue weighted by atomic mass is 35.5. The Labute approximate surface area is 118 Å². The lowest BCUT2D eigenvalue weighted by atomic mass is 10.1. The van der Waals surface area contributed by atoms with Crippen LogP contribution in [0.1, 0.15) is 18.1 Å². The second-order valence-corrected chi connectivity index (χ2v) is 5.18. The maximum absolute atomic E-state index is 12.8. The summed E-state index contributed by atoms with van der Waals surface area (Å²) in [4.78, 5) is 0. The highest BCUT2D eigenvalue weighted by Gasteiger charge is 2.04. The molecule has 1 unspecified atom stereocenters. The van der Waals surface area contributed by atoms with E-state index in [0.29, 0.717) is 6.04 Å². The fourth-order valence-electron chi connectivity index (χ4n) is 1.98. The van der Waals surface area contributed by atoms with Crippen LogP contribution in [0.5, 0.6) is 0 Å². The molecule has 0 bridgehead atoms. The van der Waals surface area contributed by atoms with Gasteiger partial charge in [0.05, 0.1) is 0 Å². The van der Waals surface area contributed by atoms with E-state index < -0.39 is 0 Å². The summed E-state index contributed by atoms with van der Waals surface area (Å²) < 4.78 is 12.8. The fraction of sp³-hybridized carbons (Fsp3) is 0.250. The van der Waals surface area contributed by atoms with Gasteiger partial charge in [0.1, 0.15) is 5.82 Å². The van der Waals surface area contributed by atoms with Crippen molar-refractivity contribution in [3.63, 3.8) is 0 Å². The highest BCUT2D eigenvalue weighted by Crippen LogP contribution is 2.12. The van der Waals surface area contributed by atoms with Crippen molar-refractivity contribution < 1.29 is 4.39 Å². The molecule has 19 heavy (non-hydrogen) atoms. The number of rotatable bonds is 5. The van der Waals surface area contributed by atoms with E-state index >= 15 is 0 Å². The van der Waals surface area contributed by atoms with E-state index in [0.717, 1.165) is 23.6 Å². The van der Waals surface area contributed by atoms with E-state index in [4.69, 9.17) is 11.6 Å². The largest absolute Gasteiger partial charge is 0.310 e. The van der Waals surface area contributed by atoms with Crippen LogP contribution in [0.25, 0.3) is 0 Å². The third kappa shape index (κ3) is 4.66. The average Bonchev–Trinajstić information content (AvgIpc) is 2.38. The van der Waals surface area contributed by atoms with Crippen LogP contribution >= 0.6 is 11.6 Å². The summed E-state index contributed by atoms with van der Waals surface area (Å²) in [5.41, 5.74) is 2.30. The lowest BCUT2D eigenvalue weighted by Gasteiger charge is -2.14. The van der Waals surface area contributed by atoms with Gasteiger partial charge >= 0.3 is 0 Å². The van der Waals surface area contributed by atoms with E-state index in [2.05, 4.69) is 18.3 Å². The third-order valence-electron chi connectivity index (χ3n) is 3.00. The molecule has 0 saturated carbocycles. The molecule has 0 amide bonds. The first kappa shape index (κ1) is 14.0. The normalized spacial score (nSPS) is 12.4. The predicted octanol–water partition coefficient (Wildman–Crippen LogP) is 4.20. The van der Waals surface area contributed by atoms with Crippen LogP contribution in [0, 0.1) is 5.82 Å².